The molecule has 26 heavy (non-hydrogen) atoms. The molecule has 0 saturated heterocycles. The Labute approximate surface area is 164 Å². The Balaban J connectivity index is 1.38. The fourth-order valence-corrected chi connectivity index (χ4v) is 6.57. The number of nitrogens with one attached hydrogen (secondary N) is 2. The van der Waals surface area contributed by atoms with Crippen molar-refractivity contribution in [1.29, 1.82) is 0 Å². The Morgan fingerprint density at radius 3 is 2.54 bits per heavy atom. The van der Waals surface area contributed by atoms with Crippen LogP contribution in [0.2, 0.25) is 5.02 Å². The number of carbonyl (C=O) groups excluding carboxylic acids is 2. The van der Waals surface area contributed by atoms with Gasteiger partial charge < -0.3 is 10.6 Å². The van der Waals surface area contributed by atoms with E-state index in [2.05, 4.69) is 10.6 Å². The van der Waals surface area contributed by atoms with Crippen molar-refractivity contribution in [3.05, 3.63) is 28.8 Å². The van der Waals surface area contributed by atoms with Crippen LogP contribution >= 0.6 is 23.2 Å². The lowest BCUT2D eigenvalue weighted by atomic mass is 9.49. The summed E-state index contributed by atoms with van der Waals surface area (Å²) in [6.45, 7) is 1.82. The highest BCUT2D eigenvalue weighted by Crippen LogP contribution is 2.63. The summed E-state index contributed by atoms with van der Waals surface area (Å²) in [7, 11) is 0. The highest BCUT2D eigenvalue weighted by atomic mass is 35.5. The van der Waals surface area contributed by atoms with Gasteiger partial charge in [0.25, 0.3) is 0 Å². The van der Waals surface area contributed by atoms with Crippen LogP contribution < -0.4 is 10.6 Å². The summed E-state index contributed by atoms with van der Waals surface area (Å²) in [6, 6.07) is 5.37. The summed E-state index contributed by atoms with van der Waals surface area (Å²) in [5.41, 5.74) is 1.11. The maximum Gasteiger partial charge on any atom is 0.243 e. The van der Waals surface area contributed by atoms with Crippen LogP contribution in [-0.4, -0.2) is 23.2 Å². The van der Waals surface area contributed by atoms with Gasteiger partial charge in [-0.05, 0) is 75.0 Å². The predicted octanol–water partition coefficient (Wildman–Crippen LogP) is 4.28. The lowest BCUT2D eigenvalue weighted by Crippen LogP contribution is -2.58. The Morgan fingerprint density at radius 2 is 1.88 bits per heavy atom. The standard InChI is InChI=1S/C20H24Cl2N2O2/c1-12-15(21)3-2-4-16(12)24-17(25)10-23-18(26)19-6-13-5-14(7-19)9-20(22,8-13)11-19/h2-4,13-14H,5-11H2,1H3,(H,23,26)(H,24,25)/t13-,14+,19?,20?. The SMILES string of the molecule is Cc1c(Cl)cccc1NC(=O)CNC(=O)C12C[C@@H]3C[C@@H](CC(Cl)(C3)C1)C2. The Hall–Kier alpha value is -1.26. The first kappa shape index (κ1) is 18.1. The zero-order valence-corrected chi connectivity index (χ0v) is 16.4. The molecule has 1 aromatic carbocycles. The van der Waals surface area contributed by atoms with E-state index in [4.69, 9.17) is 23.2 Å². The summed E-state index contributed by atoms with van der Waals surface area (Å²) >= 11 is 12.9. The summed E-state index contributed by atoms with van der Waals surface area (Å²) in [6.07, 6.45) is 5.86. The van der Waals surface area contributed by atoms with E-state index >= 15 is 0 Å². The Bertz CT molecular complexity index is 750. The molecule has 4 aliphatic carbocycles. The van der Waals surface area contributed by atoms with Crippen molar-refractivity contribution in [3.8, 4) is 0 Å². The number of rotatable bonds is 4. The zero-order valence-electron chi connectivity index (χ0n) is 14.9. The van der Waals surface area contributed by atoms with Crippen LogP contribution in [-0.2, 0) is 9.59 Å². The molecular formula is C20H24Cl2N2O2. The average Bonchev–Trinajstić information content (AvgIpc) is 2.54. The first-order valence-corrected chi connectivity index (χ1v) is 10.1. The topological polar surface area (TPSA) is 58.2 Å². The number of carbonyl (C=O) groups is 2. The van der Waals surface area contributed by atoms with Crippen LogP contribution in [0.4, 0.5) is 5.69 Å². The van der Waals surface area contributed by atoms with Crippen LogP contribution in [0.1, 0.15) is 44.1 Å². The molecule has 0 aromatic heterocycles. The van der Waals surface area contributed by atoms with Crippen molar-refractivity contribution >= 4 is 40.7 Å². The van der Waals surface area contributed by atoms with Crippen molar-refractivity contribution < 1.29 is 9.59 Å². The summed E-state index contributed by atoms with van der Waals surface area (Å²) < 4.78 is 0. The van der Waals surface area contributed by atoms with Crippen molar-refractivity contribution in [1.82, 2.24) is 5.32 Å². The molecule has 4 aliphatic rings. The van der Waals surface area contributed by atoms with Crippen molar-refractivity contribution in [2.45, 2.75) is 50.3 Å². The van der Waals surface area contributed by atoms with Gasteiger partial charge in [-0.3, -0.25) is 9.59 Å². The predicted molar refractivity (Wildman–Crippen MR) is 104 cm³/mol. The van der Waals surface area contributed by atoms with Gasteiger partial charge in [0.2, 0.25) is 11.8 Å². The fourth-order valence-electron chi connectivity index (χ4n) is 5.70. The van der Waals surface area contributed by atoms with Crippen molar-refractivity contribution in [2.24, 2.45) is 17.3 Å². The first-order valence-electron chi connectivity index (χ1n) is 9.31. The number of benzene rings is 1. The molecule has 0 spiro atoms. The summed E-state index contributed by atoms with van der Waals surface area (Å²) in [4.78, 5) is 25.0. The maximum atomic E-state index is 12.9. The van der Waals surface area contributed by atoms with Gasteiger partial charge in [0.15, 0.2) is 0 Å². The van der Waals surface area contributed by atoms with E-state index in [0.717, 1.165) is 37.7 Å². The molecule has 4 atom stereocenters. The Kier molecular flexibility index (Phi) is 4.47. The van der Waals surface area contributed by atoms with Gasteiger partial charge in [-0.2, -0.15) is 0 Å². The Morgan fingerprint density at radius 1 is 1.19 bits per heavy atom. The number of amides is 2. The minimum atomic E-state index is -0.377. The lowest BCUT2D eigenvalue weighted by Gasteiger charge is -2.59. The van der Waals surface area contributed by atoms with Gasteiger partial charge >= 0.3 is 0 Å². The van der Waals surface area contributed by atoms with Crippen LogP contribution in [0.15, 0.2) is 18.2 Å². The number of anilines is 1. The molecule has 1 aromatic rings. The quantitative estimate of drug-likeness (QED) is 0.748. The molecule has 4 nitrogen and oxygen atoms in total. The van der Waals surface area contributed by atoms with E-state index < -0.39 is 0 Å². The van der Waals surface area contributed by atoms with E-state index in [1.165, 1.54) is 6.42 Å². The molecule has 2 amide bonds. The van der Waals surface area contributed by atoms with Gasteiger partial charge in [-0.1, -0.05) is 17.7 Å². The maximum absolute atomic E-state index is 12.9. The third-order valence-electron chi connectivity index (χ3n) is 6.42. The van der Waals surface area contributed by atoms with E-state index in [-0.39, 0.29) is 28.6 Å². The molecule has 140 valence electrons. The summed E-state index contributed by atoms with van der Waals surface area (Å²) in [5, 5.41) is 6.30. The number of alkyl halides is 1. The number of hydrogen-bond donors (Lipinski definition) is 2. The molecule has 4 fully saturated rings. The van der Waals surface area contributed by atoms with Gasteiger partial charge in [-0.15, -0.1) is 11.6 Å². The monoisotopic (exact) mass is 394 g/mol. The largest absolute Gasteiger partial charge is 0.347 e. The first-order chi connectivity index (χ1) is 12.3. The molecule has 6 heteroatoms. The van der Waals surface area contributed by atoms with Gasteiger partial charge in [0.05, 0.1) is 12.0 Å². The van der Waals surface area contributed by atoms with Crippen molar-refractivity contribution in [2.75, 3.05) is 11.9 Å². The number of hydrogen-bond acceptors (Lipinski definition) is 2. The molecule has 4 saturated carbocycles. The van der Waals surface area contributed by atoms with Crippen LogP contribution in [0.5, 0.6) is 0 Å². The van der Waals surface area contributed by atoms with Crippen LogP contribution in [0.3, 0.4) is 0 Å². The average molecular weight is 395 g/mol. The minimum Gasteiger partial charge on any atom is -0.347 e. The lowest BCUT2D eigenvalue weighted by molar-refractivity contribution is -0.145. The molecule has 0 radical (unpaired) electrons. The smallest absolute Gasteiger partial charge is 0.243 e. The molecule has 0 heterocycles. The molecule has 4 bridgehead atoms. The molecule has 0 aliphatic heterocycles. The van der Waals surface area contributed by atoms with Crippen LogP contribution in [0.25, 0.3) is 0 Å². The second kappa shape index (κ2) is 6.42. The molecule has 2 N–H and O–H groups in total. The van der Waals surface area contributed by atoms with Gasteiger partial charge in [0.1, 0.15) is 0 Å². The second-order valence-electron chi connectivity index (χ2n) is 8.54. The normalized spacial score (nSPS) is 34.6. The van der Waals surface area contributed by atoms with Crippen molar-refractivity contribution in [3.63, 3.8) is 0 Å². The highest BCUT2D eigenvalue weighted by Gasteiger charge is 2.60. The highest BCUT2D eigenvalue weighted by molar-refractivity contribution is 6.31. The third-order valence-corrected chi connectivity index (χ3v) is 7.27. The molecule has 2 unspecified atom stereocenters. The number of halogens is 2. The van der Waals surface area contributed by atoms with E-state index in [9.17, 15) is 9.59 Å². The molecule has 5 rings (SSSR count). The zero-order chi connectivity index (χ0) is 18.5. The van der Waals surface area contributed by atoms with E-state index in [0.29, 0.717) is 22.5 Å². The van der Waals surface area contributed by atoms with Crippen LogP contribution in [0, 0.1) is 24.2 Å². The summed E-state index contributed by atoms with van der Waals surface area (Å²) in [5.74, 6) is 0.869. The van der Waals surface area contributed by atoms with Gasteiger partial charge in [0, 0.05) is 15.6 Å². The molecular weight excluding hydrogens is 371 g/mol. The third kappa shape index (κ3) is 3.22. The second-order valence-corrected chi connectivity index (χ2v) is 9.74. The minimum absolute atomic E-state index is 0.00501. The fraction of sp³-hybridized carbons (Fsp3) is 0.600. The van der Waals surface area contributed by atoms with E-state index in [1.54, 1.807) is 18.2 Å². The van der Waals surface area contributed by atoms with Gasteiger partial charge in [-0.25, -0.2) is 0 Å². The van der Waals surface area contributed by atoms with E-state index in [1.807, 2.05) is 6.92 Å².